The number of hydrogen-bond donors (Lipinski definition) is 1. The smallest absolute Gasteiger partial charge is 0.278 e. The topological polar surface area (TPSA) is 85.9 Å². The van der Waals surface area contributed by atoms with E-state index < -0.39 is 0 Å². The van der Waals surface area contributed by atoms with Gasteiger partial charge in [0, 0.05) is 37.7 Å². The summed E-state index contributed by atoms with van der Waals surface area (Å²) in [6.07, 6.45) is 5.41. The molecule has 7 heteroatoms. The number of aromatic nitrogens is 3. The van der Waals surface area contributed by atoms with E-state index in [0.717, 1.165) is 23.6 Å². The van der Waals surface area contributed by atoms with Gasteiger partial charge in [0.25, 0.3) is 5.69 Å². The Balaban J connectivity index is 1.55. The zero-order chi connectivity index (χ0) is 19.5. The number of hydrogen-bond acceptors (Lipinski definition) is 5. The van der Waals surface area contributed by atoms with E-state index >= 15 is 0 Å². The van der Waals surface area contributed by atoms with E-state index in [1.807, 2.05) is 19.2 Å². The highest BCUT2D eigenvalue weighted by molar-refractivity contribution is 5.96. The molecular formula is C21H19N5O2. The second-order valence-electron chi connectivity index (χ2n) is 6.56. The minimum atomic E-state index is -0.380. The molecule has 0 unspecified atom stereocenters. The highest BCUT2D eigenvalue weighted by Crippen LogP contribution is 2.30. The fourth-order valence-electron chi connectivity index (χ4n) is 3.26. The van der Waals surface area contributed by atoms with Crippen molar-refractivity contribution in [1.82, 2.24) is 14.5 Å². The van der Waals surface area contributed by atoms with Gasteiger partial charge in [-0.2, -0.15) is 0 Å². The first-order valence-electron chi connectivity index (χ1n) is 8.93. The van der Waals surface area contributed by atoms with Gasteiger partial charge in [-0.05, 0) is 36.2 Å². The summed E-state index contributed by atoms with van der Waals surface area (Å²) in [5, 5.41) is 15.1. The minimum Gasteiger partial charge on any atom is -0.379 e. The molecule has 2 aromatic heterocycles. The molecule has 0 aliphatic rings. The molecule has 0 fully saturated rings. The van der Waals surface area contributed by atoms with Crippen LogP contribution < -0.4 is 5.32 Å². The molecule has 0 saturated heterocycles. The number of pyridine rings is 1. The lowest BCUT2D eigenvalue weighted by Gasteiger charge is -2.11. The Labute approximate surface area is 161 Å². The summed E-state index contributed by atoms with van der Waals surface area (Å²) in [4.78, 5) is 19.5. The molecule has 0 amide bonds. The summed E-state index contributed by atoms with van der Waals surface area (Å²) in [6.45, 7) is 3.35. The van der Waals surface area contributed by atoms with Crippen molar-refractivity contribution in [2.24, 2.45) is 0 Å². The van der Waals surface area contributed by atoms with Crippen molar-refractivity contribution in [3.05, 3.63) is 94.2 Å². The number of fused-ring (bicyclic) bond motifs is 1. The molecule has 2 heterocycles. The van der Waals surface area contributed by atoms with Gasteiger partial charge in [-0.1, -0.05) is 24.3 Å². The Kier molecular flexibility index (Phi) is 4.72. The third-order valence-electron chi connectivity index (χ3n) is 4.69. The van der Waals surface area contributed by atoms with Crippen LogP contribution in [0, 0.1) is 17.0 Å². The van der Waals surface area contributed by atoms with Crippen LogP contribution in [0.2, 0.25) is 0 Å². The maximum Gasteiger partial charge on any atom is 0.278 e. The molecule has 0 atom stereocenters. The average molecular weight is 373 g/mol. The first-order chi connectivity index (χ1) is 13.6. The molecule has 0 aliphatic carbocycles. The quantitative estimate of drug-likeness (QED) is 0.402. The van der Waals surface area contributed by atoms with Crippen molar-refractivity contribution in [1.29, 1.82) is 0 Å². The van der Waals surface area contributed by atoms with Crippen molar-refractivity contribution in [3.8, 4) is 0 Å². The summed E-state index contributed by atoms with van der Waals surface area (Å²) < 4.78 is 2.10. The third kappa shape index (κ3) is 3.55. The fraction of sp³-hybridized carbons (Fsp3) is 0.143. The molecule has 2 aromatic carbocycles. The third-order valence-corrected chi connectivity index (χ3v) is 4.69. The predicted molar refractivity (Wildman–Crippen MR) is 108 cm³/mol. The fourth-order valence-corrected chi connectivity index (χ4v) is 3.26. The summed E-state index contributed by atoms with van der Waals surface area (Å²) in [5.74, 6) is 0.979. The molecule has 0 radical (unpaired) electrons. The summed E-state index contributed by atoms with van der Waals surface area (Å²) in [6, 6.07) is 15.0. The SMILES string of the molecule is Cc1nccn1Cc1cccc(CNc2ccc([N+](=O)[O-])c3cccnc23)c1. The predicted octanol–water partition coefficient (Wildman–Crippen LogP) is 4.31. The Hall–Kier alpha value is -3.74. The Bertz CT molecular complexity index is 1150. The lowest BCUT2D eigenvalue weighted by molar-refractivity contribution is -0.383. The van der Waals surface area contributed by atoms with Crippen LogP contribution in [0.1, 0.15) is 17.0 Å². The second-order valence-corrected chi connectivity index (χ2v) is 6.56. The molecule has 4 rings (SSSR count). The van der Waals surface area contributed by atoms with Gasteiger partial charge in [-0.3, -0.25) is 15.1 Å². The van der Waals surface area contributed by atoms with Crippen molar-refractivity contribution >= 4 is 22.3 Å². The number of non-ortho nitro benzene ring substituents is 1. The van der Waals surface area contributed by atoms with Crippen molar-refractivity contribution in [2.45, 2.75) is 20.0 Å². The van der Waals surface area contributed by atoms with E-state index in [1.165, 1.54) is 11.6 Å². The van der Waals surface area contributed by atoms with Gasteiger partial charge >= 0.3 is 0 Å². The molecule has 0 aliphatic heterocycles. The van der Waals surface area contributed by atoms with Crippen LogP contribution in [0.25, 0.3) is 10.9 Å². The minimum absolute atomic E-state index is 0.0614. The van der Waals surface area contributed by atoms with Crippen LogP contribution in [0.15, 0.2) is 67.1 Å². The highest BCUT2D eigenvalue weighted by Gasteiger charge is 2.14. The van der Waals surface area contributed by atoms with Gasteiger partial charge in [-0.25, -0.2) is 4.98 Å². The van der Waals surface area contributed by atoms with E-state index in [9.17, 15) is 10.1 Å². The number of nitrogens with one attached hydrogen (secondary N) is 1. The number of anilines is 1. The van der Waals surface area contributed by atoms with Crippen molar-refractivity contribution in [2.75, 3.05) is 5.32 Å². The monoisotopic (exact) mass is 373 g/mol. The molecule has 7 nitrogen and oxygen atoms in total. The maximum absolute atomic E-state index is 11.2. The van der Waals surface area contributed by atoms with Crippen molar-refractivity contribution < 1.29 is 4.92 Å². The van der Waals surface area contributed by atoms with Gasteiger partial charge in [-0.15, -0.1) is 0 Å². The number of aryl methyl sites for hydroxylation is 1. The Morgan fingerprint density at radius 2 is 1.93 bits per heavy atom. The molecule has 0 bridgehead atoms. The lowest BCUT2D eigenvalue weighted by Crippen LogP contribution is -2.04. The maximum atomic E-state index is 11.2. The molecule has 0 spiro atoms. The summed E-state index contributed by atoms with van der Waals surface area (Å²) in [5.41, 5.74) is 3.75. The van der Waals surface area contributed by atoms with Crippen LogP contribution in [-0.4, -0.2) is 19.5 Å². The van der Waals surface area contributed by atoms with Crippen LogP contribution in [0.5, 0.6) is 0 Å². The number of nitro benzene ring substituents is 1. The van der Waals surface area contributed by atoms with Crippen LogP contribution >= 0.6 is 0 Å². The number of imidazole rings is 1. The van der Waals surface area contributed by atoms with E-state index in [0.29, 0.717) is 17.4 Å². The molecule has 28 heavy (non-hydrogen) atoms. The van der Waals surface area contributed by atoms with E-state index in [4.69, 9.17) is 0 Å². The largest absolute Gasteiger partial charge is 0.379 e. The normalized spacial score (nSPS) is 10.9. The average Bonchev–Trinajstić information content (AvgIpc) is 3.10. The van der Waals surface area contributed by atoms with Gasteiger partial charge < -0.3 is 9.88 Å². The number of rotatable bonds is 6. The molecule has 140 valence electrons. The Morgan fingerprint density at radius 1 is 1.07 bits per heavy atom. The van der Waals surface area contributed by atoms with Gasteiger partial charge in [0.1, 0.15) is 11.3 Å². The first kappa shape index (κ1) is 17.7. The number of nitrogens with zero attached hydrogens (tertiary/aromatic N) is 4. The van der Waals surface area contributed by atoms with Gasteiger partial charge in [0.05, 0.1) is 16.0 Å². The summed E-state index contributed by atoms with van der Waals surface area (Å²) in [7, 11) is 0. The van der Waals surface area contributed by atoms with Crippen LogP contribution in [-0.2, 0) is 13.1 Å². The summed E-state index contributed by atoms with van der Waals surface area (Å²) >= 11 is 0. The standard InChI is InChI=1S/C21H19N5O2/c1-15-22-10-11-25(15)14-17-5-2-4-16(12-17)13-24-19-7-8-20(26(27)28)18-6-3-9-23-21(18)19/h2-12,24H,13-14H2,1H3. The van der Waals surface area contributed by atoms with Crippen molar-refractivity contribution in [3.63, 3.8) is 0 Å². The zero-order valence-electron chi connectivity index (χ0n) is 15.4. The zero-order valence-corrected chi connectivity index (χ0v) is 15.4. The molecule has 4 aromatic rings. The molecule has 1 N–H and O–H groups in total. The van der Waals surface area contributed by atoms with E-state index in [-0.39, 0.29) is 10.6 Å². The lowest BCUT2D eigenvalue weighted by atomic mass is 10.1. The van der Waals surface area contributed by atoms with Crippen LogP contribution in [0.3, 0.4) is 0 Å². The number of benzene rings is 2. The van der Waals surface area contributed by atoms with Crippen LogP contribution in [0.4, 0.5) is 11.4 Å². The molecular weight excluding hydrogens is 354 g/mol. The number of nitro groups is 1. The Morgan fingerprint density at radius 3 is 2.71 bits per heavy atom. The first-order valence-corrected chi connectivity index (χ1v) is 8.93. The second kappa shape index (κ2) is 7.48. The van der Waals surface area contributed by atoms with E-state index in [1.54, 1.807) is 30.6 Å². The molecule has 0 saturated carbocycles. The van der Waals surface area contributed by atoms with Gasteiger partial charge in [0.2, 0.25) is 0 Å². The van der Waals surface area contributed by atoms with Gasteiger partial charge in [0.15, 0.2) is 0 Å². The van der Waals surface area contributed by atoms with E-state index in [2.05, 4.69) is 38.1 Å². The highest BCUT2D eigenvalue weighted by atomic mass is 16.6.